The first-order valence-corrected chi connectivity index (χ1v) is 11.6. The van der Waals surface area contributed by atoms with Crippen LogP contribution in [-0.4, -0.2) is 74.1 Å². The van der Waals surface area contributed by atoms with Crippen LogP contribution >= 0.6 is 0 Å². The molecule has 1 aliphatic rings. The van der Waals surface area contributed by atoms with Gasteiger partial charge in [0.05, 0.1) is 0 Å². The average Bonchev–Trinajstić information content (AvgIpc) is 3.44. The number of rotatable bonds is 7. The summed E-state index contributed by atoms with van der Waals surface area (Å²) in [4.78, 5) is 19.1. The van der Waals surface area contributed by atoms with Gasteiger partial charge in [-0.2, -0.15) is 5.10 Å². The molecule has 1 unspecified atom stereocenters. The second-order valence-electron chi connectivity index (χ2n) is 8.41. The van der Waals surface area contributed by atoms with Gasteiger partial charge in [0.15, 0.2) is 0 Å². The Morgan fingerprint density at radius 1 is 1.11 bits per heavy atom. The number of piperidine rings is 1. The molecular formula is C26H29N5O4. The highest BCUT2D eigenvalue weighted by Crippen LogP contribution is 2.37. The minimum Gasteiger partial charge on any atom is -0.490 e. The molecule has 0 spiro atoms. The van der Waals surface area contributed by atoms with E-state index in [-0.39, 0.29) is 13.1 Å². The fourth-order valence-electron chi connectivity index (χ4n) is 4.53. The standard InChI is InChI=1S/C25H27N5O2.CH2O2/c31-21(15-30-13-9-20(10-14-30)25-27-17-28-29-25)16-32-23-6-5-18-3-1-2-4-22(18)24(23)19-7-11-26-12-8-19;2-1-3/h1-8,11-12,17,20-21,31H,9-10,13-16H2,(H,27,28,29);1H,(H,2,3). The van der Waals surface area contributed by atoms with Crippen molar-refractivity contribution in [2.24, 2.45) is 0 Å². The van der Waals surface area contributed by atoms with Crippen LogP contribution in [0, 0.1) is 0 Å². The molecule has 182 valence electrons. The molecule has 4 aromatic rings. The summed E-state index contributed by atoms with van der Waals surface area (Å²) in [5, 5.41) is 26.8. The number of H-pyrrole nitrogens is 1. The number of hydrogen-bond acceptors (Lipinski definition) is 7. The Morgan fingerprint density at radius 2 is 1.86 bits per heavy atom. The quantitative estimate of drug-likeness (QED) is 0.348. The van der Waals surface area contributed by atoms with Gasteiger partial charge >= 0.3 is 0 Å². The number of aliphatic hydroxyl groups excluding tert-OH is 1. The van der Waals surface area contributed by atoms with E-state index in [9.17, 15) is 5.11 Å². The predicted octanol–water partition coefficient (Wildman–Crippen LogP) is 3.34. The number of carbonyl (C=O) groups is 1. The number of nitrogens with one attached hydrogen (secondary N) is 1. The van der Waals surface area contributed by atoms with Gasteiger partial charge < -0.3 is 19.8 Å². The number of hydrogen-bond donors (Lipinski definition) is 3. The molecular weight excluding hydrogens is 446 g/mol. The molecule has 1 atom stereocenters. The fourth-order valence-corrected chi connectivity index (χ4v) is 4.53. The van der Waals surface area contributed by atoms with Gasteiger partial charge in [-0.3, -0.25) is 14.9 Å². The average molecular weight is 476 g/mol. The minimum atomic E-state index is -0.561. The van der Waals surface area contributed by atoms with Crippen LogP contribution in [-0.2, 0) is 4.79 Å². The van der Waals surface area contributed by atoms with Gasteiger partial charge in [-0.25, -0.2) is 4.98 Å². The number of benzene rings is 2. The first-order valence-electron chi connectivity index (χ1n) is 11.6. The van der Waals surface area contributed by atoms with Gasteiger partial charge in [-0.1, -0.05) is 30.3 Å². The Bertz CT molecular complexity index is 1200. The molecule has 0 amide bonds. The first kappa shape index (κ1) is 24.3. The SMILES string of the molecule is O=CO.OC(COc1ccc2ccccc2c1-c1ccncc1)CN1CCC(c2ncn[nH]2)CC1. The third-order valence-corrected chi connectivity index (χ3v) is 6.17. The van der Waals surface area contributed by atoms with E-state index in [0.717, 1.165) is 59.4 Å². The van der Waals surface area contributed by atoms with Crippen molar-refractivity contribution >= 4 is 17.2 Å². The molecule has 3 heterocycles. The molecule has 2 aromatic carbocycles. The number of fused-ring (bicyclic) bond motifs is 1. The molecule has 5 rings (SSSR count). The highest BCUT2D eigenvalue weighted by Gasteiger charge is 2.24. The van der Waals surface area contributed by atoms with E-state index in [1.54, 1.807) is 18.7 Å². The van der Waals surface area contributed by atoms with Crippen molar-refractivity contribution in [2.75, 3.05) is 26.2 Å². The summed E-state index contributed by atoms with van der Waals surface area (Å²) >= 11 is 0. The Kier molecular flexibility index (Phi) is 8.37. The summed E-state index contributed by atoms with van der Waals surface area (Å²) in [7, 11) is 0. The Morgan fingerprint density at radius 3 is 2.57 bits per heavy atom. The molecule has 9 nitrogen and oxygen atoms in total. The summed E-state index contributed by atoms with van der Waals surface area (Å²) in [6.45, 7) is 2.46. The number of aliphatic hydroxyl groups is 1. The second-order valence-corrected chi connectivity index (χ2v) is 8.41. The maximum absolute atomic E-state index is 10.7. The highest BCUT2D eigenvalue weighted by molar-refractivity contribution is 5.99. The molecule has 0 radical (unpaired) electrons. The topological polar surface area (TPSA) is 124 Å². The fraction of sp³-hybridized carbons (Fsp3) is 0.308. The van der Waals surface area contributed by atoms with E-state index in [0.29, 0.717) is 12.5 Å². The lowest BCUT2D eigenvalue weighted by Crippen LogP contribution is -2.40. The highest BCUT2D eigenvalue weighted by atomic mass is 16.5. The number of pyridine rings is 1. The monoisotopic (exact) mass is 475 g/mol. The van der Waals surface area contributed by atoms with Gasteiger partial charge in [0.1, 0.15) is 30.6 Å². The summed E-state index contributed by atoms with van der Waals surface area (Å²) < 4.78 is 6.16. The third-order valence-electron chi connectivity index (χ3n) is 6.17. The van der Waals surface area contributed by atoms with E-state index >= 15 is 0 Å². The lowest BCUT2D eigenvalue weighted by Gasteiger charge is -2.32. The van der Waals surface area contributed by atoms with Gasteiger partial charge in [0, 0.05) is 30.4 Å². The number of carboxylic acid groups (broad SMARTS) is 1. The van der Waals surface area contributed by atoms with Crippen molar-refractivity contribution in [3.63, 3.8) is 0 Å². The molecule has 2 aromatic heterocycles. The Labute approximate surface area is 203 Å². The van der Waals surface area contributed by atoms with E-state index in [1.165, 1.54) is 0 Å². The maximum Gasteiger partial charge on any atom is 0.290 e. The smallest absolute Gasteiger partial charge is 0.290 e. The van der Waals surface area contributed by atoms with Crippen LogP contribution in [0.1, 0.15) is 24.6 Å². The van der Waals surface area contributed by atoms with E-state index in [2.05, 4.69) is 43.3 Å². The van der Waals surface area contributed by atoms with Crippen molar-refractivity contribution in [3.8, 4) is 16.9 Å². The number of ether oxygens (including phenoxy) is 1. The number of nitrogens with zero attached hydrogens (tertiary/aromatic N) is 4. The number of aromatic amines is 1. The van der Waals surface area contributed by atoms with Gasteiger partial charge in [-0.15, -0.1) is 0 Å². The zero-order valence-electron chi connectivity index (χ0n) is 19.3. The van der Waals surface area contributed by atoms with Gasteiger partial charge in [0.25, 0.3) is 6.47 Å². The summed E-state index contributed by atoms with van der Waals surface area (Å²) in [5.41, 5.74) is 2.08. The van der Waals surface area contributed by atoms with Crippen LogP contribution in [0.5, 0.6) is 5.75 Å². The van der Waals surface area contributed by atoms with Crippen molar-refractivity contribution in [1.82, 2.24) is 25.1 Å². The van der Waals surface area contributed by atoms with Crippen LogP contribution in [0.15, 0.2) is 67.3 Å². The lowest BCUT2D eigenvalue weighted by atomic mass is 9.96. The molecule has 0 saturated carbocycles. The molecule has 1 aliphatic heterocycles. The molecule has 35 heavy (non-hydrogen) atoms. The number of β-amino-alcohol motifs (C(OH)–C–C–N with tert-alkyl or cyclic N) is 1. The summed E-state index contributed by atoms with van der Waals surface area (Å²) in [5.74, 6) is 2.16. The van der Waals surface area contributed by atoms with Crippen LogP contribution in [0.25, 0.3) is 21.9 Å². The van der Waals surface area contributed by atoms with E-state index in [1.807, 2.05) is 30.3 Å². The second kappa shape index (κ2) is 12.0. The largest absolute Gasteiger partial charge is 0.490 e. The number of aromatic nitrogens is 4. The van der Waals surface area contributed by atoms with Crippen molar-refractivity contribution in [3.05, 3.63) is 73.1 Å². The molecule has 1 fully saturated rings. The van der Waals surface area contributed by atoms with Crippen LogP contribution < -0.4 is 4.74 Å². The van der Waals surface area contributed by atoms with Crippen molar-refractivity contribution in [2.45, 2.75) is 24.9 Å². The van der Waals surface area contributed by atoms with Crippen LogP contribution in [0.3, 0.4) is 0 Å². The van der Waals surface area contributed by atoms with Crippen molar-refractivity contribution < 1.29 is 19.7 Å². The van der Waals surface area contributed by atoms with Crippen LogP contribution in [0.2, 0.25) is 0 Å². The summed E-state index contributed by atoms with van der Waals surface area (Å²) in [6, 6.07) is 16.3. The Balaban J connectivity index is 0.000000917. The van der Waals surface area contributed by atoms with Crippen molar-refractivity contribution in [1.29, 1.82) is 0 Å². The molecule has 1 saturated heterocycles. The first-order chi connectivity index (χ1) is 17.2. The van der Waals surface area contributed by atoms with Gasteiger partial charge in [-0.05, 0) is 60.5 Å². The molecule has 0 aliphatic carbocycles. The van der Waals surface area contributed by atoms with E-state index < -0.39 is 6.10 Å². The van der Waals surface area contributed by atoms with Gasteiger partial charge in [0.2, 0.25) is 0 Å². The molecule has 0 bridgehead atoms. The molecule has 3 N–H and O–H groups in total. The predicted molar refractivity (Wildman–Crippen MR) is 132 cm³/mol. The zero-order valence-corrected chi connectivity index (χ0v) is 19.3. The Hall–Kier alpha value is -3.82. The maximum atomic E-state index is 10.7. The normalized spacial score (nSPS) is 15.2. The zero-order chi connectivity index (χ0) is 24.5. The van der Waals surface area contributed by atoms with E-state index in [4.69, 9.17) is 14.6 Å². The lowest BCUT2D eigenvalue weighted by molar-refractivity contribution is -0.122. The minimum absolute atomic E-state index is 0.248. The third kappa shape index (κ3) is 6.20. The summed E-state index contributed by atoms with van der Waals surface area (Å²) in [6.07, 6.45) is 6.61. The molecule has 9 heteroatoms. The van der Waals surface area contributed by atoms with Crippen LogP contribution in [0.4, 0.5) is 0 Å². The number of likely N-dealkylation sites (tertiary alicyclic amines) is 1.